The van der Waals surface area contributed by atoms with Crippen molar-refractivity contribution < 1.29 is 9.66 Å². The highest BCUT2D eigenvalue weighted by Crippen LogP contribution is 2.29. The van der Waals surface area contributed by atoms with Gasteiger partial charge >= 0.3 is 0 Å². The number of hydrogen-bond donors (Lipinski definition) is 1. The van der Waals surface area contributed by atoms with E-state index >= 15 is 0 Å². The number of benzene rings is 1. The summed E-state index contributed by atoms with van der Waals surface area (Å²) in [6.07, 6.45) is 3.44. The lowest BCUT2D eigenvalue weighted by Crippen LogP contribution is -2.08. The molecule has 0 spiro atoms. The van der Waals surface area contributed by atoms with Crippen molar-refractivity contribution in [2.75, 3.05) is 25.1 Å². The summed E-state index contributed by atoms with van der Waals surface area (Å²) in [5, 5.41) is 14.0. The lowest BCUT2D eigenvalue weighted by molar-refractivity contribution is -0.384. The van der Waals surface area contributed by atoms with Gasteiger partial charge in [0.25, 0.3) is 5.69 Å². The summed E-state index contributed by atoms with van der Waals surface area (Å²) in [5.74, 6) is 0.778. The number of rotatable bonds is 8. The molecule has 0 heterocycles. The molecule has 1 N–H and O–H groups in total. The van der Waals surface area contributed by atoms with Gasteiger partial charge in [0, 0.05) is 30.3 Å². The van der Waals surface area contributed by atoms with Crippen LogP contribution in [0.2, 0.25) is 0 Å². The van der Waals surface area contributed by atoms with Gasteiger partial charge in [-0.25, -0.2) is 0 Å². The van der Waals surface area contributed by atoms with Crippen molar-refractivity contribution in [2.24, 2.45) is 5.92 Å². The van der Waals surface area contributed by atoms with Crippen molar-refractivity contribution >= 4 is 27.3 Å². The molecule has 0 aliphatic heterocycles. The number of hydrogen-bond acceptors (Lipinski definition) is 4. The molecule has 0 amide bonds. The van der Waals surface area contributed by atoms with Crippen LogP contribution in [0.3, 0.4) is 0 Å². The number of nitrogens with zero attached hydrogens (tertiary/aromatic N) is 1. The highest BCUT2D eigenvalue weighted by atomic mass is 79.9. The first-order valence-corrected chi connectivity index (χ1v) is 7.21. The van der Waals surface area contributed by atoms with Crippen LogP contribution in [0.1, 0.15) is 19.3 Å². The summed E-state index contributed by atoms with van der Waals surface area (Å²) in [6.45, 7) is 2.24. The predicted octanol–water partition coefficient (Wildman–Crippen LogP) is 3.59. The molecular formula is C13H17BrN2O3. The van der Waals surface area contributed by atoms with Crippen LogP contribution in [0.25, 0.3) is 0 Å². The van der Waals surface area contributed by atoms with Crippen molar-refractivity contribution in [1.82, 2.24) is 0 Å². The molecule has 1 aliphatic rings. The highest BCUT2D eigenvalue weighted by Gasteiger charge is 2.20. The third-order valence-corrected chi connectivity index (χ3v) is 3.48. The zero-order chi connectivity index (χ0) is 13.7. The van der Waals surface area contributed by atoms with Crippen molar-refractivity contribution in [3.05, 3.63) is 32.8 Å². The molecule has 1 aromatic rings. The second kappa shape index (κ2) is 6.86. The summed E-state index contributed by atoms with van der Waals surface area (Å²) >= 11 is 3.23. The molecule has 104 valence electrons. The van der Waals surface area contributed by atoms with Gasteiger partial charge in [0.2, 0.25) is 0 Å². The molecule has 19 heavy (non-hydrogen) atoms. The Balaban J connectivity index is 1.73. The smallest absolute Gasteiger partial charge is 0.293 e. The van der Waals surface area contributed by atoms with E-state index in [0.29, 0.717) is 23.3 Å². The van der Waals surface area contributed by atoms with Crippen LogP contribution in [-0.2, 0) is 4.74 Å². The minimum absolute atomic E-state index is 0.0910. The molecule has 6 heteroatoms. The maximum atomic E-state index is 10.9. The summed E-state index contributed by atoms with van der Waals surface area (Å²) in [6, 6.07) is 5.01. The molecule has 0 radical (unpaired) electrons. The van der Waals surface area contributed by atoms with E-state index in [1.54, 1.807) is 12.1 Å². The van der Waals surface area contributed by atoms with Gasteiger partial charge in [0.15, 0.2) is 0 Å². The summed E-state index contributed by atoms with van der Waals surface area (Å²) in [4.78, 5) is 10.5. The first kappa shape index (κ1) is 14.3. The third kappa shape index (κ3) is 4.80. The van der Waals surface area contributed by atoms with E-state index in [1.165, 1.54) is 18.9 Å². The highest BCUT2D eigenvalue weighted by molar-refractivity contribution is 9.10. The Labute approximate surface area is 120 Å². The van der Waals surface area contributed by atoms with Crippen LogP contribution in [0, 0.1) is 16.0 Å². The molecular weight excluding hydrogens is 312 g/mol. The van der Waals surface area contributed by atoms with Crippen molar-refractivity contribution in [3.63, 3.8) is 0 Å². The van der Waals surface area contributed by atoms with Crippen LogP contribution in [0.4, 0.5) is 11.4 Å². The average Bonchev–Trinajstić information content (AvgIpc) is 3.19. The van der Waals surface area contributed by atoms with Crippen molar-refractivity contribution in [3.8, 4) is 0 Å². The summed E-state index contributed by atoms with van der Waals surface area (Å²) in [7, 11) is 0. The standard InChI is InChI=1S/C13H17BrN2O3/c14-11-4-5-12(13(8-11)16(17)18)15-6-1-7-19-9-10-2-3-10/h4-5,8,10,15H,1-3,6-7,9H2. The van der Waals surface area contributed by atoms with E-state index < -0.39 is 0 Å². The molecule has 1 aromatic carbocycles. The number of nitrogens with one attached hydrogen (secondary N) is 1. The Kier molecular flexibility index (Phi) is 5.15. The fraction of sp³-hybridized carbons (Fsp3) is 0.538. The molecule has 0 aromatic heterocycles. The first-order valence-electron chi connectivity index (χ1n) is 6.42. The number of halogens is 1. The van der Waals surface area contributed by atoms with Gasteiger partial charge < -0.3 is 10.1 Å². The van der Waals surface area contributed by atoms with Crippen LogP contribution in [0.5, 0.6) is 0 Å². The lowest BCUT2D eigenvalue weighted by atomic mass is 10.2. The molecule has 0 atom stereocenters. The number of anilines is 1. The van der Waals surface area contributed by atoms with Gasteiger partial charge in [-0.15, -0.1) is 0 Å². The first-order chi connectivity index (χ1) is 9.16. The molecule has 0 bridgehead atoms. The SMILES string of the molecule is O=[N+]([O-])c1cc(Br)ccc1NCCCOCC1CC1. The Bertz CT molecular complexity index is 450. The zero-order valence-corrected chi connectivity index (χ0v) is 12.2. The maximum Gasteiger partial charge on any atom is 0.293 e. The number of ether oxygens (including phenoxy) is 1. The van der Waals surface area contributed by atoms with E-state index in [1.807, 2.05) is 0 Å². The van der Waals surface area contributed by atoms with Gasteiger partial charge in [-0.3, -0.25) is 10.1 Å². The second-order valence-corrected chi connectivity index (χ2v) is 5.63. The van der Waals surface area contributed by atoms with Crippen LogP contribution in [-0.4, -0.2) is 24.7 Å². The van der Waals surface area contributed by atoms with E-state index in [0.717, 1.165) is 18.9 Å². The number of nitro benzene ring substituents is 1. The van der Waals surface area contributed by atoms with Gasteiger partial charge in [-0.05, 0) is 37.3 Å². The monoisotopic (exact) mass is 328 g/mol. The third-order valence-electron chi connectivity index (χ3n) is 2.99. The molecule has 0 unspecified atom stereocenters. The molecule has 1 saturated carbocycles. The normalized spacial score (nSPS) is 14.4. The minimum atomic E-state index is -0.378. The fourth-order valence-corrected chi connectivity index (χ4v) is 2.09. The quantitative estimate of drug-likeness (QED) is 0.450. The topological polar surface area (TPSA) is 64.4 Å². The summed E-state index contributed by atoms with van der Waals surface area (Å²) in [5.41, 5.74) is 0.642. The van der Waals surface area contributed by atoms with Crippen LogP contribution in [0.15, 0.2) is 22.7 Å². The van der Waals surface area contributed by atoms with Gasteiger partial charge in [0.05, 0.1) is 4.92 Å². The zero-order valence-electron chi connectivity index (χ0n) is 10.6. The Morgan fingerprint density at radius 2 is 2.26 bits per heavy atom. The van der Waals surface area contributed by atoms with Gasteiger partial charge in [0.1, 0.15) is 5.69 Å². The summed E-state index contributed by atoms with van der Waals surface area (Å²) < 4.78 is 6.22. The Morgan fingerprint density at radius 1 is 1.47 bits per heavy atom. The average molecular weight is 329 g/mol. The Hall–Kier alpha value is -1.14. The van der Waals surface area contributed by atoms with E-state index in [4.69, 9.17) is 4.74 Å². The Morgan fingerprint density at radius 3 is 2.95 bits per heavy atom. The van der Waals surface area contributed by atoms with Gasteiger partial charge in [-0.1, -0.05) is 15.9 Å². The van der Waals surface area contributed by atoms with E-state index in [-0.39, 0.29) is 10.6 Å². The van der Waals surface area contributed by atoms with Gasteiger partial charge in [-0.2, -0.15) is 0 Å². The van der Waals surface area contributed by atoms with E-state index in [9.17, 15) is 10.1 Å². The maximum absolute atomic E-state index is 10.9. The molecule has 5 nitrogen and oxygen atoms in total. The number of nitro groups is 1. The molecule has 0 saturated heterocycles. The fourth-order valence-electron chi connectivity index (χ4n) is 1.74. The molecule has 1 aliphatic carbocycles. The van der Waals surface area contributed by atoms with Crippen LogP contribution >= 0.6 is 15.9 Å². The second-order valence-electron chi connectivity index (χ2n) is 4.72. The molecule has 2 rings (SSSR count). The van der Waals surface area contributed by atoms with E-state index in [2.05, 4.69) is 21.2 Å². The van der Waals surface area contributed by atoms with Crippen LogP contribution < -0.4 is 5.32 Å². The minimum Gasteiger partial charge on any atom is -0.381 e. The van der Waals surface area contributed by atoms with Crippen molar-refractivity contribution in [1.29, 1.82) is 0 Å². The largest absolute Gasteiger partial charge is 0.381 e. The predicted molar refractivity (Wildman–Crippen MR) is 77.4 cm³/mol. The lowest BCUT2D eigenvalue weighted by Gasteiger charge is -2.07. The van der Waals surface area contributed by atoms with Crippen molar-refractivity contribution in [2.45, 2.75) is 19.3 Å². The molecule has 1 fully saturated rings.